The Morgan fingerprint density at radius 3 is 3.14 bits per heavy atom. The molecular weight excluding hydrogens is 284 g/mol. The van der Waals surface area contributed by atoms with Gasteiger partial charge < -0.3 is 10.2 Å². The molecule has 110 valence electrons. The van der Waals surface area contributed by atoms with E-state index in [4.69, 9.17) is 0 Å². The van der Waals surface area contributed by atoms with Crippen molar-refractivity contribution in [1.29, 1.82) is 0 Å². The standard InChI is InChI=1S/C15H18N4OS/c1-11-13(21-15-18-8-4-10-19(11)15)14(20)17-9-6-12-5-2-3-7-16-12/h2-3,5,7H,4,6,8-10H2,1H3,(H,17,20). The van der Waals surface area contributed by atoms with Crippen molar-refractivity contribution in [2.24, 2.45) is 4.99 Å². The van der Waals surface area contributed by atoms with Gasteiger partial charge in [-0.05, 0) is 37.2 Å². The molecular formula is C15H18N4OS. The van der Waals surface area contributed by atoms with Gasteiger partial charge in [0.05, 0.1) is 4.91 Å². The molecule has 2 aliphatic rings. The molecule has 3 rings (SSSR count). The summed E-state index contributed by atoms with van der Waals surface area (Å²) in [5.74, 6) is -0.00877. The van der Waals surface area contributed by atoms with Crippen molar-refractivity contribution in [3.63, 3.8) is 0 Å². The zero-order chi connectivity index (χ0) is 14.7. The molecule has 21 heavy (non-hydrogen) atoms. The van der Waals surface area contributed by atoms with Crippen LogP contribution in [0, 0.1) is 0 Å². The Bertz CT molecular complexity index is 597. The summed E-state index contributed by atoms with van der Waals surface area (Å²) in [5.41, 5.74) is 2.01. The van der Waals surface area contributed by atoms with E-state index in [-0.39, 0.29) is 5.91 Å². The van der Waals surface area contributed by atoms with Gasteiger partial charge in [0.15, 0.2) is 5.17 Å². The summed E-state index contributed by atoms with van der Waals surface area (Å²) >= 11 is 1.48. The van der Waals surface area contributed by atoms with Crippen LogP contribution in [0.5, 0.6) is 0 Å². The molecule has 0 spiro atoms. The van der Waals surface area contributed by atoms with Crippen molar-refractivity contribution in [3.8, 4) is 0 Å². The number of hydrogen-bond donors (Lipinski definition) is 1. The van der Waals surface area contributed by atoms with Crippen LogP contribution in [0.1, 0.15) is 19.0 Å². The number of aliphatic imine (C=N–C) groups is 1. The van der Waals surface area contributed by atoms with Gasteiger partial charge in [0, 0.05) is 43.6 Å². The van der Waals surface area contributed by atoms with Crippen LogP contribution in [-0.4, -0.2) is 40.6 Å². The molecule has 0 aliphatic carbocycles. The highest BCUT2D eigenvalue weighted by Gasteiger charge is 2.31. The molecule has 1 aromatic heterocycles. The van der Waals surface area contributed by atoms with E-state index in [2.05, 4.69) is 20.2 Å². The molecule has 3 heterocycles. The maximum atomic E-state index is 12.3. The number of thioether (sulfide) groups is 1. The van der Waals surface area contributed by atoms with Gasteiger partial charge in [-0.1, -0.05) is 6.07 Å². The number of amides is 1. The summed E-state index contributed by atoms with van der Waals surface area (Å²) in [6, 6.07) is 5.82. The van der Waals surface area contributed by atoms with Gasteiger partial charge in [-0.15, -0.1) is 0 Å². The largest absolute Gasteiger partial charge is 0.351 e. The van der Waals surface area contributed by atoms with Gasteiger partial charge in [-0.3, -0.25) is 14.8 Å². The highest BCUT2D eigenvalue weighted by Crippen LogP contribution is 2.35. The lowest BCUT2D eigenvalue weighted by atomic mass is 10.2. The number of carbonyl (C=O) groups excluding carboxylic acids is 1. The zero-order valence-corrected chi connectivity index (χ0v) is 12.8. The normalized spacial score (nSPS) is 17.6. The van der Waals surface area contributed by atoms with Gasteiger partial charge in [-0.2, -0.15) is 0 Å². The molecule has 2 aliphatic heterocycles. The third-order valence-corrected chi connectivity index (χ3v) is 4.76. The molecule has 1 N–H and O–H groups in total. The second-order valence-electron chi connectivity index (χ2n) is 5.01. The average molecular weight is 302 g/mol. The van der Waals surface area contributed by atoms with E-state index in [1.165, 1.54) is 11.8 Å². The molecule has 5 nitrogen and oxygen atoms in total. The van der Waals surface area contributed by atoms with Crippen molar-refractivity contribution in [1.82, 2.24) is 15.2 Å². The fourth-order valence-electron chi connectivity index (χ4n) is 2.41. The molecule has 0 aromatic carbocycles. The SMILES string of the molecule is CC1=C(C(=O)NCCc2ccccn2)SC2=NCCCN21. The molecule has 0 unspecified atom stereocenters. The van der Waals surface area contributed by atoms with Gasteiger partial charge in [0.1, 0.15) is 0 Å². The van der Waals surface area contributed by atoms with Crippen LogP contribution < -0.4 is 5.32 Å². The zero-order valence-electron chi connectivity index (χ0n) is 12.0. The second-order valence-corrected chi connectivity index (χ2v) is 5.99. The molecule has 0 fully saturated rings. The molecule has 1 amide bonds. The first-order valence-corrected chi connectivity index (χ1v) is 7.96. The minimum atomic E-state index is -0.00877. The first-order chi connectivity index (χ1) is 10.3. The number of carbonyl (C=O) groups is 1. The topological polar surface area (TPSA) is 57.6 Å². The number of allylic oxidation sites excluding steroid dienone is 1. The summed E-state index contributed by atoms with van der Waals surface area (Å²) < 4.78 is 0. The van der Waals surface area contributed by atoms with Crippen molar-refractivity contribution in [2.45, 2.75) is 19.8 Å². The van der Waals surface area contributed by atoms with Crippen molar-refractivity contribution in [2.75, 3.05) is 19.6 Å². The van der Waals surface area contributed by atoms with E-state index in [1.807, 2.05) is 25.1 Å². The number of fused-ring (bicyclic) bond motifs is 1. The van der Waals surface area contributed by atoms with Crippen LogP contribution in [0.25, 0.3) is 0 Å². The first-order valence-electron chi connectivity index (χ1n) is 7.14. The van der Waals surface area contributed by atoms with Gasteiger partial charge >= 0.3 is 0 Å². The molecule has 0 atom stereocenters. The monoisotopic (exact) mass is 302 g/mol. The third kappa shape index (κ3) is 3.10. The van der Waals surface area contributed by atoms with Crippen LogP contribution in [0.4, 0.5) is 0 Å². The Balaban J connectivity index is 1.57. The smallest absolute Gasteiger partial charge is 0.259 e. The summed E-state index contributed by atoms with van der Waals surface area (Å²) in [5, 5.41) is 3.94. The fraction of sp³-hybridized carbons (Fsp3) is 0.400. The van der Waals surface area contributed by atoms with Gasteiger partial charge in [0.25, 0.3) is 5.91 Å². The number of aromatic nitrogens is 1. The summed E-state index contributed by atoms with van der Waals surface area (Å²) in [7, 11) is 0. The number of rotatable bonds is 4. The molecule has 6 heteroatoms. The number of nitrogens with one attached hydrogen (secondary N) is 1. The predicted molar refractivity (Wildman–Crippen MR) is 84.9 cm³/mol. The lowest BCUT2D eigenvalue weighted by Gasteiger charge is -2.23. The highest BCUT2D eigenvalue weighted by atomic mass is 32.2. The fourth-order valence-corrected chi connectivity index (χ4v) is 3.51. The number of pyridine rings is 1. The van der Waals surface area contributed by atoms with Crippen LogP contribution in [0.3, 0.4) is 0 Å². The van der Waals surface area contributed by atoms with E-state index in [0.29, 0.717) is 6.54 Å². The van der Waals surface area contributed by atoms with Crippen LogP contribution in [0.15, 0.2) is 40.0 Å². The molecule has 0 saturated heterocycles. The minimum Gasteiger partial charge on any atom is -0.351 e. The van der Waals surface area contributed by atoms with Crippen LogP contribution in [0.2, 0.25) is 0 Å². The maximum Gasteiger partial charge on any atom is 0.259 e. The van der Waals surface area contributed by atoms with Gasteiger partial charge in [-0.25, -0.2) is 0 Å². The van der Waals surface area contributed by atoms with Crippen LogP contribution >= 0.6 is 11.8 Å². The summed E-state index contributed by atoms with van der Waals surface area (Å²) in [6.07, 6.45) is 3.57. The lowest BCUT2D eigenvalue weighted by molar-refractivity contribution is -0.116. The van der Waals surface area contributed by atoms with E-state index in [0.717, 1.165) is 47.4 Å². The van der Waals surface area contributed by atoms with Crippen molar-refractivity contribution in [3.05, 3.63) is 40.7 Å². The Labute approximate surface area is 128 Å². The highest BCUT2D eigenvalue weighted by molar-refractivity contribution is 8.18. The summed E-state index contributed by atoms with van der Waals surface area (Å²) in [4.78, 5) is 23.9. The second kappa shape index (κ2) is 6.30. The van der Waals surface area contributed by atoms with E-state index < -0.39 is 0 Å². The quantitative estimate of drug-likeness (QED) is 0.921. The Morgan fingerprint density at radius 2 is 2.38 bits per heavy atom. The number of hydrogen-bond acceptors (Lipinski definition) is 5. The maximum absolute atomic E-state index is 12.3. The first kappa shape index (κ1) is 14.1. The summed E-state index contributed by atoms with van der Waals surface area (Å²) in [6.45, 7) is 4.41. The lowest BCUT2D eigenvalue weighted by Crippen LogP contribution is -2.29. The Kier molecular flexibility index (Phi) is 4.24. The van der Waals surface area contributed by atoms with Gasteiger partial charge in [0.2, 0.25) is 0 Å². The van der Waals surface area contributed by atoms with E-state index in [9.17, 15) is 4.79 Å². The van der Waals surface area contributed by atoms with Crippen molar-refractivity contribution >= 4 is 22.8 Å². The number of amidine groups is 1. The van der Waals surface area contributed by atoms with E-state index in [1.54, 1.807) is 6.20 Å². The predicted octanol–water partition coefficient (Wildman–Crippen LogP) is 1.78. The third-order valence-electron chi connectivity index (χ3n) is 3.54. The molecule has 0 bridgehead atoms. The van der Waals surface area contributed by atoms with E-state index >= 15 is 0 Å². The molecule has 0 saturated carbocycles. The minimum absolute atomic E-state index is 0.00877. The average Bonchev–Trinajstić information content (AvgIpc) is 2.86. The molecule has 1 aromatic rings. The van der Waals surface area contributed by atoms with Crippen molar-refractivity contribution < 1.29 is 4.79 Å². The Morgan fingerprint density at radius 1 is 1.48 bits per heavy atom. The number of nitrogens with zero attached hydrogens (tertiary/aromatic N) is 3. The molecule has 0 radical (unpaired) electrons. The van der Waals surface area contributed by atoms with Crippen LogP contribution in [-0.2, 0) is 11.2 Å². The Hall–Kier alpha value is -1.82.